The lowest BCUT2D eigenvalue weighted by Crippen LogP contribution is -2.34. The highest BCUT2D eigenvalue weighted by atomic mass is 16.1. The molecule has 0 aliphatic carbocycles. The summed E-state index contributed by atoms with van der Waals surface area (Å²) in [7, 11) is 0. The number of aliphatic imine (C=N–C) groups is 1. The third-order valence-electron chi connectivity index (χ3n) is 2.50. The lowest BCUT2D eigenvalue weighted by Gasteiger charge is -2.30. The largest absolute Gasteiger partial charge is 0.326 e. The summed E-state index contributed by atoms with van der Waals surface area (Å²) in [6, 6.07) is 0. The molecular weight excluding hydrogens is 176 g/mol. The molecule has 72 valence electrons. The normalized spacial score (nSPS) is 20.3. The molecule has 0 saturated heterocycles. The molecule has 0 bridgehead atoms. The molecular formula is C11H12N2O. The highest BCUT2D eigenvalue weighted by Crippen LogP contribution is 2.20. The van der Waals surface area contributed by atoms with Crippen LogP contribution in [-0.4, -0.2) is 23.6 Å². The van der Waals surface area contributed by atoms with E-state index in [-0.39, 0.29) is 0 Å². The van der Waals surface area contributed by atoms with E-state index in [4.69, 9.17) is 0 Å². The fourth-order valence-corrected chi connectivity index (χ4v) is 1.59. The van der Waals surface area contributed by atoms with Crippen LogP contribution in [-0.2, 0) is 4.79 Å². The molecule has 2 heterocycles. The lowest BCUT2D eigenvalue weighted by molar-refractivity contribution is -0.105. The second-order valence-electron chi connectivity index (χ2n) is 3.45. The molecule has 0 unspecified atom stereocenters. The quantitative estimate of drug-likeness (QED) is 0.586. The van der Waals surface area contributed by atoms with Crippen molar-refractivity contribution >= 4 is 12.1 Å². The van der Waals surface area contributed by atoms with Crippen LogP contribution in [0.1, 0.15) is 13.8 Å². The number of nitrogens with zero attached hydrogens (tertiary/aromatic N) is 2. The van der Waals surface area contributed by atoms with Crippen molar-refractivity contribution in [2.45, 2.75) is 13.8 Å². The first-order valence-corrected chi connectivity index (χ1v) is 4.58. The van der Waals surface area contributed by atoms with E-state index in [0.29, 0.717) is 6.54 Å². The minimum atomic E-state index is 0.640. The molecule has 0 aromatic carbocycles. The van der Waals surface area contributed by atoms with Crippen molar-refractivity contribution < 1.29 is 4.79 Å². The first kappa shape index (κ1) is 8.94. The Balaban J connectivity index is 2.42. The Kier molecular flexibility index (Phi) is 2.08. The van der Waals surface area contributed by atoms with Gasteiger partial charge in [-0.05, 0) is 26.0 Å². The summed E-state index contributed by atoms with van der Waals surface area (Å²) < 4.78 is 0. The summed E-state index contributed by atoms with van der Waals surface area (Å²) >= 11 is 0. The zero-order valence-corrected chi connectivity index (χ0v) is 8.32. The van der Waals surface area contributed by atoms with Crippen LogP contribution < -0.4 is 0 Å². The molecule has 14 heavy (non-hydrogen) atoms. The van der Waals surface area contributed by atoms with Gasteiger partial charge in [0.15, 0.2) is 0 Å². The Labute approximate surface area is 83.1 Å². The molecule has 0 aromatic heterocycles. The van der Waals surface area contributed by atoms with Gasteiger partial charge in [0, 0.05) is 17.0 Å². The number of rotatable bonds is 1. The number of carbonyl (C=O) groups is 1. The molecule has 0 N–H and O–H groups in total. The third kappa shape index (κ3) is 1.31. The first-order chi connectivity index (χ1) is 6.72. The predicted molar refractivity (Wildman–Crippen MR) is 55.8 cm³/mol. The van der Waals surface area contributed by atoms with Crippen molar-refractivity contribution in [3.05, 3.63) is 35.2 Å². The number of carbonyl (C=O) groups excluding carboxylic acids is 1. The average molecular weight is 188 g/mol. The smallest absolute Gasteiger partial charge is 0.149 e. The molecule has 0 radical (unpaired) electrons. The minimum absolute atomic E-state index is 0.640. The van der Waals surface area contributed by atoms with E-state index in [1.54, 1.807) is 0 Å². The van der Waals surface area contributed by atoms with E-state index < -0.39 is 0 Å². The topological polar surface area (TPSA) is 32.7 Å². The van der Waals surface area contributed by atoms with Crippen molar-refractivity contribution in [1.29, 1.82) is 0 Å². The van der Waals surface area contributed by atoms with E-state index >= 15 is 0 Å². The summed E-state index contributed by atoms with van der Waals surface area (Å²) in [6.45, 7) is 4.53. The number of hydrogen-bond donors (Lipinski definition) is 0. The SMILES string of the molecule is CC1=CC=CC2=NC(C)=C(C=O)CN12. The molecule has 0 amide bonds. The summed E-state index contributed by atoms with van der Waals surface area (Å²) in [4.78, 5) is 17.2. The zero-order valence-electron chi connectivity index (χ0n) is 8.32. The molecule has 2 aliphatic heterocycles. The second-order valence-corrected chi connectivity index (χ2v) is 3.45. The number of hydrogen-bond acceptors (Lipinski definition) is 3. The monoisotopic (exact) mass is 188 g/mol. The molecule has 0 atom stereocenters. The Morgan fingerprint density at radius 2 is 2.29 bits per heavy atom. The maximum absolute atomic E-state index is 10.8. The number of allylic oxidation sites excluding steroid dienone is 4. The number of amidine groups is 1. The summed E-state index contributed by atoms with van der Waals surface area (Å²) in [5, 5.41) is 0. The number of aldehydes is 1. The van der Waals surface area contributed by atoms with E-state index in [0.717, 1.165) is 29.1 Å². The van der Waals surface area contributed by atoms with Crippen molar-refractivity contribution in [3.8, 4) is 0 Å². The van der Waals surface area contributed by atoms with Crippen LogP contribution >= 0.6 is 0 Å². The summed E-state index contributed by atoms with van der Waals surface area (Å²) in [5.74, 6) is 0.924. The van der Waals surface area contributed by atoms with Crippen LogP contribution in [0, 0.1) is 0 Å². The molecule has 2 aliphatic rings. The minimum Gasteiger partial charge on any atom is -0.326 e. The van der Waals surface area contributed by atoms with E-state index in [9.17, 15) is 4.79 Å². The van der Waals surface area contributed by atoms with Gasteiger partial charge in [0.2, 0.25) is 0 Å². The van der Waals surface area contributed by atoms with Crippen molar-refractivity contribution in [2.75, 3.05) is 6.54 Å². The third-order valence-corrected chi connectivity index (χ3v) is 2.50. The van der Waals surface area contributed by atoms with E-state index in [1.807, 2.05) is 37.0 Å². The van der Waals surface area contributed by atoms with E-state index in [1.165, 1.54) is 0 Å². The maximum Gasteiger partial charge on any atom is 0.149 e. The van der Waals surface area contributed by atoms with Gasteiger partial charge in [0.05, 0.1) is 6.54 Å². The standard InChI is InChI=1S/C11H12N2O/c1-8-4-3-5-11-12-9(2)10(7-14)6-13(8)11/h3-5,7H,6H2,1-2H3. The van der Waals surface area contributed by atoms with Crippen LogP contribution in [0.15, 0.2) is 40.2 Å². The fourth-order valence-electron chi connectivity index (χ4n) is 1.59. The van der Waals surface area contributed by atoms with Gasteiger partial charge in [0.25, 0.3) is 0 Å². The summed E-state index contributed by atoms with van der Waals surface area (Å²) in [6.07, 6.45) is 6.84. The van der Waals surface area contributed by atoms with Crippen molar-refractivity contribution in [3.63, 3.8) is 0 Å². The van der Waals surface area contributed by atoms with Gasteiger partial charge in [-0.1, -0.05) is 6.08 Å². The Hall–Kier alpha value is -1.64. The van der Waals surface area contributed by atoms with Crippen molar-refractivity contribution in [2.24, 2.45) is 4.99 Å². The van der Waals surface area contributed by atoms with Crippen LogP contribution in [0.3, 0.4) is 0 Å². The molecule has 0 spiro atoms. The van der Waals surface area contributed by atoms with Crippen LogP contribution in [0.4, 0.5) is 0 Å². The van der Waals surface area contributed by atoms with Crippen molar-refractivity contribution in [1.82, 2.24) is 4.90 Å². The van der Waals surface area contributed by atoms with Gasteiger partial charge >= 0.3 is 0 Å². The van der Waals surface area contributed by atoms with Gasteiger partial charge in [0.1, 0.15) is 12.1 Å². The molecule has 0 aromatic rings. The molecule has 3 heteroatoms. The number of fused-ring (bicyclic) bond motifs is 1. The molecule has 2 rings (SSSR count). The van der Waals surface area contributed by atoms with E-state index in [2.05, 4.69) is 4.99 Å². The van der Waals surface area contributed by atoms with Gasteiger partial charge in [-0.15, -0.1) is 0 Å². The van der Waals surface area contributed by atoms with Gasteiger partial charge in [-0.2, -0.15) is 0 Å². The van der Waals surface area contributed by atoms with Crippen LogP contribution in [0.5, 0.6) is 0 Å². The van der Waals surface area contributed by atoms with Gasteiger partial charge in [-0.25, -0.2) is 4.99 Å². The average Bonchev–Trinajstić information content (AvgIpc) is 2.17. The van der Waals surface area contributed by atoms with Gasteiger partial charge < -0.3 is 4.90 Å². The van der Waals surface area contributed by atoms with Crippen LogP contribution in [0.2, 0.25) is 0 Å². The fraction of sp³-hybridized carbons (Fsp3) is 0.273. The highest BCUT2D eigenvalue weighted by Gasteiger charge is 2.20. The highest BCUT2D eigenvalue weighted by molar-refractivity contribution is 5.98. The molecule has 3 nitrogen and oxygen atoms in total. The lowest BCUT2D eigenvalue weighted by atomic mass is 10.1. The Bertz CT molecular complexity index is 400. The predicted octanol–water partition coefficient (Wildman–Crippen LogP) is 1.65. The summed E-state index contributed by atoms with van der Waals surface area (Å²) in [5.41, 5.74) is 2.71. The Morgan fingerprint density at radius 1 is 1.50 bits per heavy atom. The first-order valence-electron chi connectivity index (χ1n) is 4.58. The Morgan fingerprint density at radius 3 is 3.00 bits per heavy atom. The zero-order chi connectivity index (χ0) is 10.1. The maximum atomic E-state index is 10.8. The second kappa shape index (κ2) is 3.25. The van der Waals surface area contributed by atoms with Crippen LogP contribution in [0.25, 0.3) is 0 Å². The van der Waals surface area contributed by atoms with Gasteiger partial charge in [-0.3, -0.25) is 4.79 Å². The molecule has 0 fully saturated rings. The molecule has 0 saturated carbocycles.